The average molecular weight is 436 g/mol. The molecule has 0 radical (unpaired) electrons. The highest BCUT2D eigenvalue weighted by Crippen LogP contribution is 2.39. The van der Waals surface area contributed by atoms with Crippen LogP contribution in [0.25, 0.3) is 17.7 Å². The lowest BCUT2D eigenvalue weighted by Gasteiger charge is -2.39. The Morgan fingerprint density at radius 3 is 2.24 bits per heavy atom. The molecule has 1 heterocycles. The van der Waals surface area contributed by atoms with E-state index < -0.39 is 0 Å². The number of nitrogens with one attached hydrogen (secondary N) is 1. The fourth-order valence-electron chi connectivity index (χ4n) is 4.96. The first-order valence-electron chi connectivity index (χ1n) is 11.6. The molecule has 3 aromatic rings. The molecule has 4 heteroatoms. The number of amides is 1. The lowest BCUT2D eigenvalue weighted by Crippen LogP contribution is -2.47. The summed E-state index contributed by atoms with van der Waals surface area (Å²) >= 11 is 0. The van der Waals surface area contributed by atoms with Crippen LogP contribution in [0.15, 0.2) is 78.5 Å². The Morgan fingerprint density at radius 2 is 1.58 bits per heavy atom. The van der Waals surface area contributed by atoms with Crippen LogP contribution in [-0.2, 0) is 0 Å². The van der Waals surface area contributed by atoms with Gasteiger partial charge >= 0.3 is 0 Å². The smallest absolute Gasteiger partial charge is 0.252 e. The van der Waals surface area contributed by atoms with Gasteiger partial charge in [0.05, 0.1) is 6.17 Å². The maximum Gasteiger partial charge on any atom is 0.252 e. The first kappa shape index (κ1) is 21.1. The van der Waals surface area contributed by atoms with Crippen molar-refractivity contribution in [2.24, 2.45) is 0 Å². The Hall–Kier alpha value is -3.79. The van der Waals surface area contributed by atoms with E-state index in [2.05, 4.69) is 77.8 Å². The number of rotatable bonds is 3. The normalized spacial score (nSPS) is 16.0. The van der Waals surface area contributed by atoms with Gasteiger partial charge in [0.25, 0.3) is 5.91 Å². The number of nitrogens with zero attached hydrogens (tertiary/aromatic N) is 1. The van der Waals surface area contributed by atoms with Crippen LogP contribution in [0, 0.1) is 0 Å². The number of benzene rings is 3. The molecule has 33 heavy (non-hydrogen) atoms. The van der Waals surface area contributed by atoms with Crippen molar-refractivity contribution in [3.8, 4) is 0 Å². The molecule has 1 unspecified atom stereocenters. The van der Waals surface area contributed by atoms with E-state index in [4.69, 9.17) is 5.73 Å². The highest BCUT2D eigenvalue weighted by atomic mass is 16.1. The number of anilines is 1. The third-order valence-electron chi connectivity index (χ3n) is 6.56. The minimum absolute atomic E-state index is 0.104. The van der Waals surface area contributed by atoms with E-state index in [0.717, 1.165) is 25.8 Å². The molecular formula is C29H29N3O. The molecule has 1 aliphatic heterocycles. The zero-order chi connectivity index (χ0) is 22.8. The molecule has 3 N–H and O–H groups in total. The second-order valence-electron chi connectivity index (χ2n) is 8.75. The third kappa shape index (κ3) is 4.17. The second-order valence-corrected chi connectivity index (χ2v) is 8.75. The molecule has 0 saturated carbocycles. The first-order valence-corrected chi connectivity index (χ1v) is 11.6. The SMILES string of the molecule is CC(NC(=O)c1cccc(N)c1)N1CCCCC1=C1c2ccccc2C=Cc2ccccc21. The lowest BCUT2D eigenvalue weighted by atomic mass is 9.88. The van der Waals surface area contributed by atoms with Gasteiger partial charge in [-0.2, -0.15) is 0 Å². The highest BCUT2D eigenvalue weighted by Gasteiger charge is 2.28. The van der Waals surface area contributed by atoms with E-state index >= 15 is 0 Å². The zero-order valence-corrected chi connectivity index (χ0v) is 18.9. The number of hydrogen-bond donors (Lipinski definition) is 2. The molecular weight excluding hydrogens is 406 g/mol. The van der Waals surface area contributed by atoms with Crippen molar-refractivity contribution in [1.29, 1.82) is 0 Å². The van der Waals surface area contributed by atoms with Crippen LogP contribution < -0.4 is 11.1 Å². The first-order chi connectivity index (χ1) is 16.1. The Morgan fingerprint density at radius 1 is 0.909 bits per heavy atom. The number of likely N-dealkylation sites (tertiary alicyclic amines) is 1. The van der Waals surface area contributed by atoms with Crippen molar-refractivity contribution in [2.75, 3.05) is 12.3 Å². The van der Waals surface area contributed by atoms with E-state index in [9.17, 15) is 4.79 Å². The molecule has 0 bridgehead atoms. The minimum Gasteiger partial charge on any atom is -0.399 e. The number of nitrogens with two attached hydrogens (primary N) is 1. The number of carbonyl (C=O) groups excluding carboxylic acids is 1. The van der Waals surface area contributed by atoms with Crippen molar-refractivity contribution in [3.63, 3.8) is 0 Å². The Balaban J connectivity index is 1.57. The summed E-state index contributed by atoms with van der Waals surface area (Å²) in [5, 5.41) is 3.21. The van der Waals surface area contributed by atoms with Crippen LogP contribution in [0.1, 0.15) is 58.8 Å². The Labute approximate surface area is 195 Å². The van der Waals surface area contributed by atoms with Gasteiger partial charge in [-0.1, -0.05) is 66.7 Å². The molecule has 0 spiro atoms. The molecule has 1 aliphatic carbocycles. The number of piperidine rings is 1. The molecule has 0 aromatic heterocycles. The van der Waals surface area contributed by atoms with Crippen molar-refractivity contribution in [1.82, 2.24) is 10.2 Å². The maximum absolute atomic E-state index is 13.0. The average Bonchev–Trinajstić information content (AvgIpc) is 3.01. The summed E-state index contributed by atoms with van der Waals surface area (Å²) in [6.45, 7) is 2.98. The molecule has 1 amide bonds. The van der Waals surface area contributed by atoms with E-state index in [-0.39, 0.29) is 12.1 Å². The summed E-state index contributed by atoms with van der Waals surface area (Å²) in [6, 6.07) is 24.3. The highest BCUT2D eigenvalue weighted by molar-refractivity contribution is 5.96. The molecule has 1 saturated heterocycles. The molecule has 5 rings (SSSR count). The largest absolute Gasteiger partial charge is 0.399 e. The number of carbonyl (C=O) groups is 1. The van der Waals surface area contributed by atoms with Gasteiger partial charge in [-0.05, 0) is 66.6 Å². The standard InChI is InChI=1S/C29H29N3O/c1-20(31-29(33)23-11-8-12-24(30)19-23)32-18-7-6-15-27(32)28-25-13-4-2-9-21(25)16-17-22-10-3-5-14-26(22)28/h2-5,8-14,16-17,19-20H,6-7,15,18,30H2,1H3,(H,31,33). The molecule has 3 aromatic carbocycles. The number of hydrogen-bond acceptors (Lipinski definition) is 3. The predicted octanol–water partition coefficient (Wildman–Crippen LogP) is 5.77. The van der Waals surface area contributed by atoms with E-state index in [1.165, 1.54) is 33.5 Å². The maximum atomic E-state index is 13.0. The van der Waals surface area contributed by atoms with E-state index in [0.29, 0.717) is 11.3 Å². The van der Waals surface area contributed by atoms with Gasteiger partial charge in [0, 0.05) is 29.1 Å². The summed E-state index contributed by atoms with van der Waals surface area (Å²) in [5.74, 6) is -0.104. The van der Waals surface area contributed by atoms with Crippen LogP contribution in [0.5, 0.6) is 0 Å². The topological polar surface area (TPSA) is 58.4 Å². The molecule has 166 valence electrons. The summed E-state index contributed by atoms with van der Waals surface area (Å²) in [6.07, 6.45) is 7.51. The van der Waals surface area contributed by atoms with Gasteiger partial charge < -0.3 is 16.0 Å². The summed E-state index contributed by atoms with van der Waals surface area (Å²) in [4.78, 5) is 15.3. The Bertz CT molecular complexity index is 1210. The number of allylic oxidation sites excluding steroid dienone is 1. The van der Waals surface area contributed by atoms with Gasteiger partial charge in [0.2, 0.25) is 0 Å². The molecule has 2 aliphatic rings. The van der Waals surface area contributed by atoms with Crippen molar-refractivity contribution >= 4 is 29.3 Å². The van der Waals surface area contributed by atoms with Gasteiger partial charge in [-0.15, -0.1) is 0 Å². The van der Waals surface area contributed by atoms with Crippen LogP contribution in [0.3, 0.4) is 0 Å². The van der Waals surface area contributed by atoms with Gasteiger partial charge in [-0.25, -0.2) is 0 Å². The lowest BCUT2D eigenvalue weighted by molar-refractivity contribution is 0.0880. The zero-order valence-electron chi connectivity index (χ0n) is 18.9. The third-order valence-corrected chi connectivity index (χ3v) is 6.56. The van der Waals surface area contributed by atoms with Crippen molar-refractivity contribution in [3.05, 3.63) is 106 Å². The monoisotopic (exact) mass is 435 g/mol. The van der Waals surface area contributed by atoms with Crippen LogP contribution in [-0.4, -0.2) is 23.5 Å². The van der Waals surface area contributed by atoms with E-state index in [1.807, 2.05) is 6.07 Å². The van der Waals surface area contributed by atoms with E-state index in [1.54, 1.807) is 18.2 Å². The van der Waals surface area contributed by atoms with Crippen LogP contribution in [0.2, 0.25) is 0 Å². The number of fused-ring (bicyclic) bond motifs is 2. The van der Waals surface area contributed by atoms with Gasteiger partial charge in [-0.3, -0.25) is 4.79 Å². The quantitative estimate of drug-likeness (QED) is 0.402. The van der Waals surface area contributed by atoms with Gasteiger partial charge in [0.15, 0.2) is 0 Å². The molecule has 1 fully saturated rings. The summed E-state index contributed by atoms with van der Waals surface area (Å²) < 4.78 is 0. The van der Waals surface area contributed by atoms with Crippen LogP contribution in [0.4, 0.5) is 5.69 Å². The van der Waals surface area contributed by atoms with Crippen molar-refractivity contribution < 1.29 is 4.79 Å². The fraction of sp³-hybridized carbons (Fsp3) is 0.207. The second kappa shape index (κ2) is 8.99. The number of nitrogen functional groups attached to an aromatic ring is 1. The summed E-state index contributed by atoms with van der Waals surface area (Å²) in [7, 11) is 0. The molecule has 4 nitrogen and oxygen atoms in total. The van der Waals surface area contributed by atoms with Gasteiger partial charge in [0.1, 0.15) is 0 Å². The van der Waals surface area contributed by atoms with Crippen molar-refractivity contribution in [2.45, 2.75) is 32.4 Å². The molecule has 1 atom stereocenters. The van der Waals surface area contributed by atoms with Crippen LogP contribution >= 0.6 is 0 Å². The summed E-state index contributed by atoms with van der Waals surface area (Å²) in [5.41, 5.74) is 14.6. The minimum atomic E-state index is -0.141. The Kier molecular flexibility index (Phi) is 5.74. The predicted molar refractivity (Wildman–Crippen MR) is 136 cm³/mol. The fourth-order valence-corrected chi connectivity index (χ4v) is 4.96.